The molecule has 0 spiro atoms. The standard InChI is InChI=1S/C32H40N6O7S/c33-29(34)26-16-14-23(15-17-26)19-36-30(40)27(13-7-8-18-35-32(42)45-21-24-9-3-1-4-10-24)37-31(41)28(20-39)38-46(43,44)22-25-11-5-2-6-12-25/h1-6,9-12,14-17,27-28,38-39H,7-8,13,18-22H2,(H3,33,34)(H,35,42)(H,36,40)(H,37,41)/t27-,28+/m0/s1. The molecule has 13 nitrogen and oxygen atoms in total. The number of rotatable bonds is 18. The zero-order valence-electron chi connectivity index (χ0n) is 25.3. The van der Waals surface area contributed by atoms with E-state index in [1.165, 1.54) is 0 Å². The van der Waals surface area contributed by atoms with E-state index in [1.807, 2.05) is 30.3 Å². The van der Waals surface area contributed by atoms with E-state index in [9.17, 15) is 27.9 Å². The van der Waals surface area contributed by atoms with Gasteiger partial charge in [0.1, 0.15) is 24.5 Å². The molecule has 8 N–H and O–H groups in total. The van der Waals surface area contributed by atoms with Gasteiger partial charge in [0, 0.05) is 18.7 Å². The molecule has 0 aliphatic rings. The molecule has 0 aliphatic carbocycles. The fourth-order valence-electron chi connectivity index (χ4n) is 4.32. The molecule has 0 aromatic heterocycles. The van der Waals surface area contributed by atoms with E-state index >= 15 is 0 Å². The van der Waals surface area contributed by atoms with Crippen molar-refractivity contribution < 1.29 is 32.6 Å². The SMILES string of the molecule is N=C(N)c1ccc(CNC(=O)[C@H](CCCCNC(=O)OCc2ccccc2)NC(=O)[C@@H](CO)NS(=O)(=O)Cc2ccccc2)cc1. The van der Waals surface area contributed by atoms with Crippen LogP contribution in [0.25, 0.3) is 0 Å². The van der Waals surface area contributed by atoms with Gasteiger partial charge in [-0.25, -0.2) is 17.9 Å². The fourth-order valence-corrected chi connectivity index (χ4v) is 5.65. The summed E-state index contributed by atoms with van der Waals surface area (Å²) in [6, 6.07) is 21.7. The Balaban J connectivity index is 1.57. The van der Waals surface area contributed by atoms with E-state index in [0.29, 0.717) is 24.0 Å². The number of aliphatic hydroxyl groups is 1. The Morgan fingerprint density at radius 1 is 0.804 bits per heavy atom. The van der Waals surface area contributed by atoms with E-state index in [1.54, 1.807) is 54.6 Å². The van der Waals surface area contributed by atoms with Crippen LogP contribution in [0.2, 0.25) is 0 Å². The first kappa shape index (κ1) is 35.7. The number of carbonyl (C=O) groups is 3. The Morgan fingerprint density at radius 3 is 2.04 bits per heavy atom. The number of hydrogen-bond acceptors (Lipinski definition) is 8. The molecule has 3 aromatic rings. The Labute approximate surface area is 268 Å². The quantitative estimate of drug-likeness (QED) is 0.0608. The van der Waals surface area contributed by atoms with Crippen molar-refractivity contribution in [3.8, 4) is 0 Å². The summed E-state index contributed by atoms with van der Waals surface area (Å²) in [5.74, 6) is -1.88. The van der Waals surface area contributed by atoms with Gasteiger partial charge >= 0.3 is 6.09 Å². The predicted molar refractivity (Wildman–Crippen MR) is 173 cm³/mol. The summed E-state index contributed by atoms with van der Waals surface area (Å²) in [5, 5.41) is 25.3. The lowest BCUT2D eigenvalue weighted by molar-refractivity contribution is -0.130. The van der Waals surface area contributed by atoms with Crippen LogP contribution < -0.4 is 26.4 Å². The number of amidine groups is 1. The van der Waals surface area contributed by atoms with Gasteiger partial charge in [0.05, 0.1) is 12.4 Å². The lowest BCUT2D eigenvalue weighted by atomic mass is 10.1. The van der Waals surface area contributed by atoms with Gasteiger partial charge in [0.2, 0.25) is 21.8 Å². The van der Waals surface area contributed by atoms with Crippen molar-refractivity contribution in [2.45, 2.75) is 50.3 Å². The van der Waals surface area contributed by atoms with E-state index in [-0.39, 0.29) is 32.0 Å². The zero-order valence-corrected chi connectivity index (χ0v) is 26.1. The number of alkyl carbamates (subject to hydrolysis) is 1. The molecule has 14 heteroatoms. The number of sulfonamides is 1. The minimum absolute atomic E-state index is 0.0878. The lowest BCUT2D eigenvalue weighted by Gasteiger charge is -2.22. The van der Waals surface area contributed by atoms with E-state index in [2.05, 4.69) is 20.7 Å². The van der Waals surface area contributed by atoms with Crippen molar-refractivity contribution in [3.05, 3.63) is 107 Å². The van der Waals surface area contributed by atoms with E-state index < -0.39 is 52.4 Å². The van der Waals surface area contributed by atoms with Crippen molar-refractivity contribution in [2.24, 2.45) is 5.73 Å². The van der Waals surface area contributed by atoms with Crippen molar-refractivity contribution in [3.63, 3.8) is 0 Å². The zero-order chi connectivity index (χ0) is 33.4. The minimum atomic E-state index is -4.01. The summed E-state index contributed by atoms with van der Waals surface area (Å²) in [6.45, 7) is -0.326. The number of nitrogens with two attached hydrogens (primary N) is 1. The van der Waals surface area contributed by atoms with Gasteiger partial charge in [-0.3, -0.25) is 15.0 Å². The Kier molecular flexibility index (Phi) is 14.2. The molecule has 246 valence electrons. The van der Waals surface area contributed by atoms with Gasteiger partial charge in [-0.05, 0) is 36.0 Å². The Bertz CT molecular complexity index is 1540. The summed E-state index contributed by atoms with van der Waals surface area (Å²) in [4.78, 5) is 38.3. The maximum Gasteiger partial charge on any atom is 0.407 e. The monoisotopic (exact) mass is 652 g/mol. The van der Waals surface area contributed by atoms with Crippen LogP contribution >= 0.6 is 0 Å². The van der Waals surface area contributed by atoms with Crippen LogP contribution in [0.15, 0.2) is 84.9 Å². The molecule has 3 amide bonds. The van der Waals surface area contributed by atoms with Gasteiger partial charge < -0.3 is 31.5 Å². The van der Waals surface area contributed by atoms with Crippen LogP contribution in [-0.4, -0.2) is 62.5 Å². The van der Waals surface area contributed by atoms with E-state index in [0.717, 1.165) is 11.1 Å². The molecule has 0 saturated heterocycles. The van der Waals surface area contributed by atoms with Gasteiger partial charge in [-0.1, -0.05) is 84.9 Å². The molecule has 3 rings (SSSR count). The van der Waals surface area contributed by atoms with Crippen LogP contribution in [0.4, 0.5) is 4.79 Å². The highest BCUT2D eigenvalue weighted by atomic mass is 32.2. The lowest BCUT2D eigenvalue weighted by Crippen LogP contribution is -2.55. The second kappa shape index (κ2) is 18.2. The first-order chi connectivity index (χ1) is 22.1. The van der Waals surface area contributed by atoms with Crippen LogP contribution in [0.1, 0.15) is 41.5 Å². The number of benzene rings is 3. The van der Waals surface area contributed by atoms with Crippen molar-refractivity contribution in [1.82, 2.24) is 20.7 Å². The molecule has 0 aliphatic heterocycles. The maximum absolute atomic E-state index is 13.2. The molecule has 46 heavy (non-hydrogen) atoms. The van der Waals surface area contributed by atoms with Gasteiger partial charge in [0.15, 0.2) is 0 Å². The number of carbonyl (C=O) groups excluding carboxylic acids is 3. The highest BCUT2D eigenvalue weighted by Gasteiger charge is 2.28. The molecule has 3 aromatic carbocycles. The average Bonchev–Trinajstić information content (AvgIpc) is 3.05. The molecular formula is C32H40N6O7S. The third-order valence-corrected chi connectivity index (χ3v) is 8.14. The predicted octanol–water partition coefficient (Wildman–Crippen LogP) is 1.65. The van der Waals surface area contributed by atoms with Crippen molar-refractivity contribution in [2.75, 3.05) is 13.2 Å². The average molecular weight is 653 g/mol. The summed E-state index contributed by atoms with van der Waals surface area (Å²) in [6.07, 6.45) is 0.445. The highest BCUT2D eigenvalue weighted by molar-refractivity contribution is 7.88. The topological polar surface area (TPSA) is 213 Å². The Morgan fingerprint density at radius 2 is 1.43 bits per heavy atom. The summed E-state index contributed by atoms with van der Waals surface area (Å²) in [7, 11) is -4.01. The number of amides is 3. The number of hydrogen-bond donors (Lipinski definition) is 7. The van der Waals surface area contributed by atoms with Crippen LogP contribution in [-0.2, 0) is 43.3 Å². The molecule has 0 radical (unpaired) electrons. The Hall–Kier alpha value is -4.79. The summed E-state index contributed by atoms with van der Waals surface area (Å²) in [5.41, 5.74) is 8.09. The molecule has 2 atom stereocenters. The number of unbranched alkanes of at least 4 members (excludes halogenated alkanes) is 1. The van der Waals surface area contributed by atoms with E-state index in [4.69, 9.17) is 15.9 Å². The largest absolute Gasteiger partial charge is 0.445 e. The smallest absolute Gasteiger partial charge is 0.407 e. The van der Waals surface area contributed by atoms with Crippen molar-refractivity contribution in [1.29, 1.82) is 5.41 Å². The number of nitrogens with one attached hydrogen (secondary N) is 5. The van der Waals surface area contributed by atoms with Crippen LogP contribution in [0.5, 0.6) is 0 Å². The molecule has 0 saturated carbocycles. The number of nitrogen functional groups attached to an aromatic ring is 1. The number of aliphatic hydroxyl groups excluding tert-OH is 1. The second-order valence-corrected chi connectivity index (χ2v) is 12.2. The first-order valence-electron chi connectivity index (χ1n) is 14.7. The number of ether oxygens (including phenoxy) is 1. The molecule has 0 heterocycles. The summed E-state index contributed by atoms with van der Waals surface area (Å²) < 4.78 is 32.8. The fraction of sp³-hybridized carbons (Fsp3) is 0.312. The van der Waals surface area contributed by atoms with Gasteiger partial charge in [0.25, 0.3) is 0 Å². The normalized spacial score (nSPS) is 12.4. The summed E-state index contributed by atoms with van der Waals surface area (Å²) >= 11 is 0. The molecular weight excluding hydrogens is 612 g/mol. The van der Waals surface area contributed by atoms with Crippen molar-refractivity contribution >= 4 is 33.8 Å². The molecule has 0 fully saturated rings. The molecule has 0 bridgehead atoms. The highest BCUT2D eigenvalue weighted by Crippen LogP contribution is 2.08. The van der Waals surface area contributed by atoms with Gasteiger partial charge in [-0.2, -0.15) is 0 Å². The van der Waals surface area contributed by atoms with Gasteiger partial charge in [-0.15, -0.1) is 0 Å². The minimum Gasteiger partial charge on any atom is -0.445 e. The third-order valence-electron chi connectivity index (χ3n) is 6.79. The van der Waals surface area contributed by atoms with Crippen LogP contribution in [0.3, 0.4) is 0 Å². The second-order valence-electron chi connectivity index (χ2n) is 10.5. The first-order valence-corrected chi connectivity index (χ1v) is 16.3. The van der Waals surface area contributed by atoms with Crippen LogP contribution in [0, 0.1) is 5.41 Å². The maximum atomic E-state index is 13.2. The molecule has 0 unspecified atom stereocenters. The third kappa shape index (κ3) is 12.7.